The van der Waals surface area contributed by atoms with Gasteiger partial charge in [0.05, 0.1) is 10.8 Å². The van der Waals surface area contributed by atoms with Crippen molar-refractivity contribution >= 4 is 34.1 Å². The van der Waals surface area contributed by atoms with Gasteiger partial charge in [-0.3, -0.25) is 0 Å². The van der Waals surface area contributed by atoms with Crippen LogP contribution in [0.1, 0.15) is 55.6 Å². The van der Waals surface area contributed by atoms with Gasteiger partial charge in [-0.05, 0) is 156 Å². The molecular formula is C66H52N2. The number of fused-ring (bicyclic) bond motifs is 6. The summed E-state index contributed by atoms with van der Waals surface area (Å²) >= 11 is 0. The second-order valence-corrected chi connectivity index (χ2v) is 18.8. The van der Waals surface area contributed by atoms with E-state index in [9.17, 15) is 0 Å². The fourth-order valence-electron chi connectivity index (χ4n) is 11.7. The lowest BCUT2D eigenvalue weighted by Gasteiger charge is -2.51. The van der Waals surface area contributed by atoms with Gasteiger partial charge >= 0.3 is 0 Å². The Kier molecular flexibility index (Phi) is 9.88. The first kappa shape index (κ1) is 41.2. The molecule has 2 heteroatoms. The van der Waals surface area contributed by atoms with Crippen molar-refractivity contribution in [1.29, 1.82) is 0 Å². The van der Waals surface area contributed by atoms with Crippen molar-refractivity contribution in [2.75, 3.05) is 9.80 Å². The summed E-state index contributed by atoms with van der Waals surface area (Å²) in [4.78, 5) is 4.87. The largest absolute Gasteiger partial charge is 0.310 e. The molecule has 68 heavy (non-hydrogen) atoms. The number of aryl methyl sites for hydroxylation is 4. The molecule has 10 aromatic carbocycles. The number of hydrogen-bond donors (Lipinski definition) is 0. The summed E-state index contributed by atoms with van der Waals surface area (Å²) in [5.74, 6) is 0. The summed E-state index contributed by atoms with van der Waals surface area (Å²) in [6.07, 6.45) is 0. The molecule has 0 heterocycles. The van der Waals surface area contributed by atoms with Gasteiger partial charge in [-0.15, -0.1) is 0 Å². The highest BCUT2D eigenvalue weighted by atomic mass is 15.1. The number of rotatable bonds is 9. The lowest BCUT2D eigenvalue weighted by molar-refractivity contribution is 0.437. The number of nitrogens with zero attached hydrogens (tertiary/aromatic N) is 2. The van der Waals surface area contributed by atoms with Crippen molar-refractivity contribution in [3.05, 3.63) is 298 Å². The molecule has 0 saturated heterocycles. The Morgan fingerprint density at radius 3 is 0.824 bits per heavy atom. The fourth-order valence-corrected chi connectivity index (χ4v) is 11.7. The number of anilines is 6. The predicted molar refractivity (Wildman–Crippen MR) is 285 cm³/mol. The van der Waals surface area contributed by atoms with Gasteiger partial charge in [-0.2, -0.15) is 0 Å². The average molecular weight is 873 g/mol. The van der Waals surface area contributed by atoms with Gasteiger partial charge in [-0.1, -0.05) is 192 Å². The third-order valence-corrected chi connectivity index (χ3v) is 14.7. The summed E-state index contributed by atoms with van der Waals surface area (Å²) in [7, 11) is 0. The minimum Gasteiger partial charge on any atom is -0.310 e. The Bertz CT molecular complexity index is 3140. The monoisotopic (exact) mass is 872 g/mol. The fraction of sp³-hybridized carbons (Fsp3) is 0.0909. The molecule has 0 aromatic heterocycles. The highest BCUT2D eigenvalue weighted by molar-refractivity contribution is 5.96. The second-order valence-electron chi connectivity index (χ2n) is 18.8. The summed E-state index contributed by atoms with van der Waals surface area (Å²) in [6.45, 7) is 8.64. The Hall–Kier alpha value is -8.20. The molecule has 0 bridgehead atoms. The van der Waals surface area contributed by atoms with Crippen LogP contribution < -0.4 is 9.80 Å². The molecule has 0 amide bonds. The minimum atomic E-state index is -0.775. The smallest absolute Gasteiger partial charge is 0.0642 e. The van der Waals surface area contributed by atoms with Gasteiger partial charge in [0.1, 0.15) is 0 Å². The van der Waals surface area contributed by atoms with E-state index < -0.39 is 10.8 Å². The summed E-state index contributed by atoms with van der Waals surface area (Å²) in [5, 5.41) is 0. The van der Waals surface area contributed by atoms with E-state index in [0.717, 1.165) is 34.1 Å². The van der Waals surface area contributed by atoms with Crippen molar-refractivity contribution in [1.82, 2.24) is 0 Å². The predicted octanol–water partition coefficient (Wildman–Crippen LogP) is 17.2. The standard InChI is InChI=1S/C66H52N2/c1-45-23-31-51(32-24-45)67(52-33-25-46(2)26-34-52)55-39-41-59-57-19-11-13-21-61(57)65(63(59)43-55,49-15-7-5-8-16-49)66(50-17-9-6-10-18-50)62-22-14-12-20-58(62)60-42-40-56(44-64(60)66)68(53-35-27-47(3)28-36-53)54-37-29-48(4)30-38-54/h5-44H,1-4H3. The van der Waals surface area contributed by atoms with Crippen LogP contribution in [0.5, 0.6) is 0 Å². The zero-order chi connectivity index (χ0) is 46.0. The van der Waals surface area contributed by atoms with Gasteiger partial charge in [0.15, 0.2) is 0 Å². The molecule has 326 valence electrons. The molecule has 0 radical (unpaired) electrons. The van der Waals surface area contributed by atoms with Gasteiger partial charge in [0, 0.05) is 34.1 Å². The summed E-state index contributed by atoms with van der Waals surface area (Å²) in [6, 6.07) is 91.6. The molecular weight excluding hydrogens is 821 g/mol. The Balaban J connectivity index is 1.23. The maximum atomic E-state index is 2.53. The van der Waals surface area contributed by atoms with E-state index in [4.69, 9.17) is 0 Å². The van der Waals surface area contributed by atoms with E-state index in [1.807, 2.05) is 0 Å². The third-order valence-electron chi connectivity index (χ3n) is 14.7. The molecule has 0 saturated carbocycles. The first-order valence-corrected chi connectivity index (χ1v) is 23.8. The van der Waals surface area contributed by atoms with Crippen molar-refractivity contribution in [2.24, 2.45) is 0 Å². The lowest BCUT2D eigenvalue weighted by atomic mass is 9.49. The van der Waals surface area contributed by atoms with Crippen LogP contribution in [-0.4, -0.2) is 0 Å². The van der Waals surface area contributed by atoms with Crippen LogP contribution in [0.25, 0.3) is 22.3 Å². The number of hydrogen-bond acceptors (Lipinski definition) is 2. The molecule has 2 aliphatic rings. The van der Waals surface area contributed by atoms with Crippen molar-refractivity contribution in [2.45, 2.75) is 38.5 Å². The number of benzene rings is 10. The first-order chi connectivity index (χ1) is 33.4. The third kappa shape index (κ3) is 6.25. The molecule has 0 fully saturated rings. The van der Waals surface area contributed by atoms with Crippen molar-refractivity contribution < 1.29 is 0 Å². The SMILES string of the molecule is Cc1ccc(N(c2ccc(C)cc2)c2ccc3c(c2)C(c2ccccc2)(C2(c4ccccc4)c4ccccc4-c4ccc(N(c5ccc(C)cc5)c5ccc(C)cc5)cc42)c2ccccc2-3)cc1. The zero-order valence-electron chi connectivity index (χ0n) is 39.0. The van der Waals surface area contributed by atoms with Gasteiger partial charge in [0.25, 0.3) is 0 Å². The van der Waals surface area contributed by atoms with Gasteiger partial charge < -0.3 is 9.80 Å². The lowest BCUT2D eigenvalue weighted by Crippen LogP contribution is -2.50. The topological polar surface area (TPSA) is 6.48 Å². The Labute approximate surface area is 401 Å². The van der Waals surface area contributed by atoms with E-state index in [1.54, 1.807) is 0 Å². The maximum Gasteiger partial charge on any atom is 0.0642 e. The average Bonchev–Trinajstić information content (AvgIpc) is 3.85. The Morgan fingerprint density at radius 1 is 0.235 bits per heavy atom. The van der Waals surface area contributed by atoms with E-state index in [2.05, 4.69) is 280 Å². The molecule has 0 N–H and O–H groups in total. The molecule has 12 rings (SSSR count). The van der Waals surface area contributed by atoms with Gasteiger partial charge in [-0.25, -0.2) is 0 Å². The van der Waals surface area contributed by atoms with Crippen LogP contribution in [0.4, 0.5) is 34.1 Å². The zero-order valence-corrected chi connectivity index (χ0v) is 39.0. The van der Waals surface area contributed by atoms with E-state index in [1.165, 1.54) is 77.9 Å². The highest BCUT2D eigenvalue weighted by Gasteiger charge is 2.64. The van der Waals surface area contributed by atoms with Crippen LogP contribution in [0.3, 0.4) is 0 Å². The Morgan fingerprint density at radius 2 is 0.500 bits per heavy atom. The molecule has 2 aliphatic carbocycles. The first-order valence-electron chi connectivity index (χ1n) is 23.8. The van der Waals surface area contributed by atoms with Crippen molar-refractivity contribution in [3.63, 3.8) is 0 Å². The van der Waals surface area contributed by atoms with E-state index in [-0.39, 0.29) is 0 Å². The molecule has 2 unspecified atom stereocenters. The highest BCUT2D eigenvalue weighted by Crippen LogP contribution is 2.70. The van der Waals surface area contributed by atoms with E-state index >= 15 is 0 Å². The van der Waals surface area contributed by atoms with Crippen LogP contribution >= 0.6 is 0 Å². The van der Waals surface area contributed by atoms with E-state index in [0.29, 0.717) is 0 Å². The summed E-state index contributed by atoms with van der Waals surface area (Å²) in [5.41, 5.74) is 22.7. The van der Waals surface area contributed by atoms with Crippen molar-refractivity contribution in [3.8, 4) is 22.3 Å². The maximum absolute atomic E-state index is 2.53. The molecule has 2 nitrogen and oxygen atoms in total. The quantitative estimate of drug-likeness (QED) is 0.143. The molecule has 0 aliphatic heterocycles. The summed E-state index contributed by atoms with van der Waals surface area (Å²) < 4.78 is 0. The van der Waals surface area contributed by atoms with Gasteiger partial charge in [0.2, 0.25) is 0 Å². The van der Waals surface area contributed by atoms with Crippen LogP contribution in [0.15, 0.2) is 243 Å². The molecule has 2 atom stereocenters. The molecule has 0 spiro atoms. The normalized spacial score (nSPS) is 16.4. The van der Waals surface area contributed by atoms with Crippen LogP contribution in [-0.2, 0) is 10.8 Å². The second kappa shape index (κ2) is 16.3. The van der Waals surface area contributed by atoms with Crippen LogP contribution in [0, 0.1) is 27.7 Å². The van der Waals surface area contributed by atoms with Crippen LogP contribution in [0.2, 0.25) is 0 Å². The molecule has 10 aromatic rings. The minimum absolute atomic E-state index is 0.775.